The second-order valence-corrected chi connectivity index (χ2v) is 5.33. The maximum absolute atomic E-state index is 11.7. The van der Waals surface area contributed by atoms with Crippen LogP contribution in [-0.2, 0) is 4.79 Å². The van der Waals surface area contributed by atoms with E-state index in [2.05, 4.69) is 10.3 Å². The van der Waals surface area contributed by atoms with Crippen molar-refractivity contribution < 1.29 is 9.90 Å². The van der Waals surface area contributed by atoms with Gasteiger partial charge in [-0.2, -0.15) is 0 Å². The van der Waals surface area contributed by atoms with Crippen molar-refractivity contribution in [2.45, 2.75) is 19.4 Å². The third kappa shape index (κ3) is 5.95. The summed E-state index contributed by atoms with van der Waals surface area (Å²) in [7, 11) is 1.77. The number of hydrogen-bond acceptors (Lipinski definition) is 4. The van der Waals surface area contributed by atoms with Gasteiger partial charge < -0.3 is 10.4 Å². The van der Waals surface area contributed by atoms with Gasteiger partial charge in [0.1, 0.15) is 5.82 Å². The second kappa shape index (κ2) is 6.13. The number of aromatic nitrogens is 1. The highest BCUT2D eigenvalue weighted by atomic mass is 35.5. The summed E-state index contributed by atoms with van der Waals surface area (Å²) in [5.74, 6) is 0.276. The number of amides is 1. The molecule has 100 valence electrons. The fourth-order valence-electron chi connectivity index (χ4n) is 1.59. The number of nitrogens with one attached hydrogen (secondary N) is 1. The van der Waals surface area contributed by atoms with Crippen LogP contribution in [0.5, 0.6) is 0 Å². The van der Waals surface area contributed by atoms with Crippen molar-refractivity contribution in [2.24, 2.45) is 0 Å². The lowest BCUT2D eigenvalue weighted by atomic mass is 10.1. The minimum atomic E-state index is -0.826. The molecule has 0 saturated heterocycles. The highest BCUT2D eigenvalue weighted by Crippen LogP contribution is 2.09. The lowest BCUT2D eigenvalue weighted by Crippen LogP contribution is -2.40. The van der Waals surface area contributed by atoms with Crippen LogP contribution >= 0.6 is 11.6 Å². The summed E-state index contributed by atoms with van der Waals surface area (Å²) in [6.07, 6.45) is 1.47. The number of aliphatic hydroxyl groups is 1. The highest BCUT2D eigenvalue weighted by molar-refractivity contribution is 6.30. The molecule has 0 radical (unpaired) electrons. The number of halogens is 1. The van der Waals surface area contributed by atoms with Crippen LogP contribution < -0.4 is 5.32 Å². The van der Waals surface area contributed by atoms with E-state index in [1.807, 2.05) is 0 Å². The van der Waals surface area contributed by atoms with Crippen LogP contribution in [0.3, 0.4) is 0 Å². The molecule has 6 heteroatoms. The molecule has 1 aromatic rings. The van der Waals surface area contributed by atoms with Gasteiger partial charge in [-0.3, -0.25) is 9.69 Å². The molecule has 1 amide bonds. The van der Waals surface area contributed by atoms with Gasteiger partial charge in [-0.15, -0.1) is 0 Å². The second-order valence-electron chi connectivity index (χ2n) is 4.89. The standard InChI is InChI=1S/C12H18ClN3O2/c1-12(2,18)8-16(3)7-11(17)15-10-5-4-9(13)6-14-10/h4-6,18H,7-8H2,1-3H3,(H,14,15,17). The van der Waals surface area contributed by atoms with Gasteiger partial charge in [0.25, 0.3) is 0 Å². The van der Waals surface area contributed by atoms with Crippen LogP contribution in [0, 0.1) is 0 Å². The van der Waals surface area contributed by atoms with E-state index in [0.29, 0.717) is 17.4 Å². The number of likely N-dealkylation sites (N-methyl/N-ethyl adjacent to an activating group) is 1. The monoisotopic (exact) mass is 271 g/mol. The van der Waals surface area contributed by atoms with E-state index < -0.39 is 5.60 Å². The Morgan fingerprint density at radius 2 is 2.22 bits per heavy atom. The molecule has 0 fully saturated rings. The summed E-state index contributed by atoms with van der Waals surface area (Å²) in [6, 6.07) is 3.29. The number of nitrogens with zero attached hydrogens (tertiary/aromatic N) is 2. The molecule has 5 nitrogen and oxygen atoms in total. The van der Waals surface area contributed by atoms with E-state index in [1.54, 1.807) is 37.9 Å². The summed E-state index contributed by atoms with van der Waals surface area (Å²) in [5.41, 5.74) is -0.826. The largest absolute Gasteiger partial charge is 0.389 e. The van der Waals surface area contributed by atoms with Crippen molar-refractivity contribution in [3.05, 3.63) is 23.4 Å². The molecule has 0 unspecified atom stereocenters. The topological polar surface area (TPSA) is 65.5 Å². The zero-order valence-electron chi connectivity index (χ0n) is 10.8. The summed E-state index contributed by atoms with van der Waals surface area (Å²) >= 11 is 5.69. The molecule has 0 aliphatic carbocycles. The van der Waals surface area contributed by atoms with Crippen molar-refractivity contribution in [3.63, 3.8) is 0 Å². The van der Waals surface area contributed by atoms with Gasteiger partial charge in [-0.25, -0.2) is 4.98 Å². The maximum atomic E-state index is 11.7. The minimum absolute atomic E-state index is 0.184. The third-order valence-electron chi connectivity index (χ3n) is 2.07. The van der Waals surface area contributed by atoms with Crippen LogP contribution in [0.1, 0.15) is 13.8 Å². The first kappa shape index (κ1) is 14.9. The summed E-state index contributed by atoms with van der Waals surface area (Å²) < 4.78 is 0. The molecular weight excluding hydrogens is 254 g/mol. The Kier molecular flexibility index (Phi) is 5.07. The number of hydrogen-bond donors (Lipinski definition) is 2. The summed E-state index contributed by atoms with van der Waals surface area (Å²) in [4.78, 5) is 17.4. The maximum Gasteiger partial charge on any atom is 0.239 e. The lowest BCUT2D eigenvalue weighted by Gasteiger charge is -2.24. The molecule has 0 atom stereocenters. The van der Waals surface area contributed by atoms with E-state index in [-0.39, 0.29) is 12.5 Å². The first-order chi connectivity index (χ1) is 8.26. The Morgan fingerprint density at radius 1 is 1.56 bits per heavy atom. The lowest BCUT2D eigenvalue weighted by molar-refractivity contribution is -0.117. The first-order valence-electron chi connectivity index (χ1n) is 5.58. The van der Waals surface area contributed by atoms with Crippen molar-refractivity contribution in [3.8, 4) is 0 Å². The Morgan fingerprint density at radius 3 is 2.72 bits per heavy atom. The van der Waals surface area contributed by atoms with Crippen LogP contribution in [-0.4, -0.2) is 46.6 Å². The molecular formula is C12H18ClN3O2. The van der Waals surface area contributed by atoms with Crippen molar-refractivity contribution >= 4 is 23.3 Å². The van der Waals surface area contributed by atoms with E-state index >= 15 is 0 Å². The molecule has 0 aromatic carbocycles. The average molecular weight is 272 g/mol. The molecule has 18 heavy (non-hydrogen) atoms. The normalized spacial score (nSPS) is 11.7. The number of pyridine rings is 1. The van der Waals surface area contributed by atoms with Crippen molar-refractivity contribution in [2.75, 3.05) is 25.5 Å². The van der Waals surface area contributed by atoms with Crippen LogP contribution in [0.4, 0.5) is 5.82 Å². The van der Waals surface area contributed by atoms with Gasteiger partial charge in [0.05, 0.1) is 17.2 Å². The van der Waals surface area contributed by atoms with E-state index in [9.17, 15) is 9.90 Å². The van der Waals surface area contributed by atoms with E-state index in [4.69, 9.17) is 11.6 Å². The number of carbonyl (C=O) groups excluding carboxylic acids is 1. The number of anilines is 1. The smallest absolute Gasteiger partial charge is 0.239 e. The average Bonchev–Trinajstić information content (AvgIpc) is 2.18. The predicted octanol–water partition coefficient (Wildman–Crippen LogP) is 1.38. The number of rotatable bonds is 5. The van der Waals surface area contributed by atoms with Crippen molar-refractivity contribution in [1.82, 2.24) is 9.88 Å². The Hall–Kier alpha value is -1.17. The van der Waals surface area contributed by atoms with Crippen LogP contribution in [0.15, 0.2) is 18.3 Å². The Balaban J connectivity index is 2.44. The molecule has 0 aliphatic rings. The highest BCUT2D eigenvalue weighted by Gasteiger charge is 2.17. The molecule has 1 rings (SSSR count). The molecule has 0 saturated carbocycles. The Labute approximate surface area is 112 Å². The SMILES string of the molecule is CN(CC(=O)Nc1ccc(Cl)cn1)CC(C)(C)O. The first-order valence-corrected chi connectivity index (χ1v) is 5.96. The van der Waals surface area contributed by atoms with Gasteiger partial charge in [0.2, 0.25) is 5.91 Å². The summed E-state index contributed by atoms with van der Waals surface area (Å²) in [6.45, 7) is 3.99. The van der Waals surface area contributed by atoms with Gasteiger partial charge >= 0.3 is 0 Å². The molecule has 0 aliphatic heterocycles. The Bertz CT molecular complexity index is 401. The van der Waals surface area contributed by atoms with Crippen LogP contribution in [0.25, 0.3) is 0 Å². The van der Waals surface area contributed by atoms with Gasteiger partial charge in [0, 0.05) is 12.7 Å². The van der Waals surface area contributed by atoms with Gasteiger partial charge in [-0.1, -0.05) is 11.6 Å². The molecule has 2 N–H and O–H groups in total. The third-order valence-corrected chi connectivity index (χ3v) is 2.29. The molecule has 1 aromatic heterocycles. The van der Waals surface area contributed by atoms with Gasteiger partial charge in [0.15, 0.2) is 0 Å². The summed E-state index contributed by atoms with van der Waals surface area (Å²) in [5, 5.41) is 12.8. The fraction of sp³-hybridized carbons (Fsp3) is 0.500. The zero-order valence-corrected chi connectivity index (χ0v) is 11.5. The van der Waals surface area contributed by atoms with Crippen LogP contribution in [0.2, 0.25) is 5.02 Å². The van der Waals surface area contributed by atoms with Crippen molar-refractivity contribution in [1.29, 1.82) is 0 Å². The predicted molar refractivity (Wildman–Crippen MR) is 71.7 cm³/mol. The van der Waals surface area contributed by atoms with E-state index in [0.717, 1.165) is 0 Å². The zero-order chi connectivity index (χ0) is 13.8. The number of carbonyl (C=O) groups is 1. The molecule has 1 heterocycles. The minimum Gasteiger partial charge on any atom is -0.389 e. The molecule has 0 spiro atoms. The van der Waals surface area contributed by atoms with Gasteiger partial charge in [-0.05, 0) is 33.0 Å². The fourth-order valence-corrected chi connectivity index (χ4v) is 1.71. The van der Waals surface area contributed by atoms with E-state index in [1.165, 1.54) is 6.20 Å². The quantitative estimate of drug-likeness (QED) is 0.849. The molecule has 0 bridgehead atoms.